The lowest BCUT2D eigenvalue weighted by atomic mass is 9.94. The standard InChI is InChI=1S/C19H32N4/c1-15-12-16(2)14-17(13-15)22-19(20)21-10-7-11-23(3)18-8-5-4-6-9-18/h12-14,18H,4-11H2,1-3H3,(H3,20,21,22). The zero-order chi connectivity index (χ0) is 16.7. The van der Waals surface area contributed by atoms with Crippen molar-refractivity contribution in [2.24, 2.45) is 10.7 Å². The molecule has 0 atom stereocenters. The number of nitrogens with one attached hydrogen (secondary N) is 1. The van der Waals surface area contributed by atoms with Gasteiger partial charge in [0.15, 0.2) is 5.96 Å². The van der Waals surface area contributed by atoms with Crippen LogP contribution in [0.1, 0.15) is 49.7 Å². The number of guanidine groups is 1. The van der Waals surface area contributed by atoms with E-state index < -0.39 is 0 Å². The Kier molecular flexibility index (Phi) is 6.90. The predicted molar refractivity (Wildman–Crippen MR) is 100 cm³/mol. The number of hydrogen-bond acceptors (Lipinski definition) is 2. The Morgan fingerprint density at radius 1 is 1.17 bits per heavy atom. The van der Waals surface area contributed by atoms with Gasteiger partial charge in [0, 0.05) is 18.3 Å². The Labute approximate surface area is 141 Å². The molecule has 1 aromatic rings. The van der Waals surface area contributed by atoms with E-state index in [1.54, 1.807) is 0 Å². The number of aliphatic imine (C=N–C) groups is 1. The zero-order valence-corrected chi connectivity index (χ0v) is 14.9. The van der Waals surface area contributed by atoms with Crippen molar-refractivity contribution in [1.82, 2.24) is 4.90 Å². The minimum absolute atomic E-state index is 0.510. The summed E-state index contributed by atoms with van der Waals surface area (Å²) in [6, 6.07) is 7.11. The molecule has 0 aromatic heterocycles. The van der Waals surface area contributed by atoms with E-state index in [9.17, 15) is 0 Å². The van der Waals surface area contributed by atoms with Crippen molar-refractivity contribution in [3.63, 3.8) is 0 Å². The molecule has 128 valence electrons. The molecule has 0 radical (unpaired) electrons. The smallest absolute Gasteiger partial charge is 0.193 e. The molecule has 1 aliphatic carbocycles. The third-order valence-electron chi connectivity index (χ3n) is 4.64. The number of anilines is 1. The second kappa shape index (κ2) is 8.92. The van der Waals surface area contributed by atoms with Crippen LogP contribution < -0.4 is 11.1 Å². The fraction of sp³-hybridized carbons (Fsp3) is 0.632. The fourth-order valence-electron chi connectivity index (χ4n) is 3.46. The predicted octanol–water partition coefficient (Wildman–Crippen LogP) is 3.68. The highest BCUT2D eigenvalue weighted by atomic mass is 15.1. The molecular formula is C19H32N4. The first-order valence-electron chi connectivity index (χ1n) is 8.90. The van der Waals surface area contributed by atoms with Crippen LogP contribution in [-0.4, -0.2) is 37.0 Å². The summed E-state index contributed by atoms with van der Waals surface area (Å²) in [7, 11) is 2.25. The van der Waals surface area contributed by atoms with Gasteiger partial charge in [-0.15, -0.1) is 0 Å². The molecule has 23 heavy (non-hydrogen) atoms. The van der Waals surface area contributed by atoms with Crippen LogP contribution in [0.2, 0.25) is 0 Å². The molecule has 1 saturated carbocycles. The topological polar surface area (TPSA) is 53.6 Å². The first kappa shape index (κ1) is 17.8. The third-order valence-corrected chi connectivity index (χ3v) is 4.64. The summed E-state index contributed by atoms with van der Waals surface area (Å²) < 4.78 is 0. The van der Waals surface area contributed by atoms with Gasteiger partial charge in [-0.05, 0) is 70.0 Å². The molecule has 4 nitrogen and oxygen atoms in total. The van der Waals surface area contributed by atoms with Crippen LogP contribution in [0.15, 0.2) is 23.2 Å². The molecule has 0 saturated heterocycles. The van der Waals surface area contributed by atoms with Gasteiger partial charge < -0.3 is 16.0 Å². The van der Waals surface area contributed by atoms with Crippen molar-refractivity contribution >= 4 is 11.6 Å². The third kappa shape index (κ3) is 6.22. The Bertz CT molecular complexity index is 498. The van der Waals surface area contributed by atoms with Gasteiger partial charge in [-0.1, -0.05) is 25.3 Å². The Hall–Kier alpha value is -1.55. The second-order valence-electron chi connectivity index (χ2n) is 6.89. The number of rotatable bonds is 6. The van der Waals surface area contributed by atoms with Gasteiger partial charge in [-0.2, -0.15) is 0 Å². The summed E-state index contributed by atoms with van der Waals surface area (Å²) in [6.07, 6.45) is 7.96. The van der Waals surface area contributed by atoms with Crippen LogP contribution in [0.5, 0.6) is 0 Å². The zero-order valence-electron chi connectivity index (χ0n) is 14.9. The molecular weight excluding hydrogens is 284 g/mol. The summed E-state index contributed by atoms with van der Waals surface area (Å²) in [6.45, 7) is 6.06. The monoisotopic (exact) mass is 316 g/mol. The highest BCUT2D eigenvalue weighted by molar-refractivity contribution is 5.92. The summed E-state index contributed by atoms with van der Waals surface area (Å²) in [5.41, 5.74) is 9.47. The molecule has 0 aliphatic heterocycles. The SMILES string of the molecule is Cc1cc(C)cc(NC(N)=NCCCN(C)C2CCCCC2)c1. The minimum Gasteiger partial charge on any atom is -0.370 e. The molecule has 1 aromatic carbocycles. The average molecular weight is 316 g/mol. The van der Waals surface area contributed by atoms with Crippen LogP contribution in [0.4, 0.5) is 5.69 Å². The Balaban J connectivity index is 1.72. The van der Waals surface area contributed by atoms with Crippen molar-refractivity contribution in [3.8, 4) is 0 Å². The molecule has 1 aliphatic rings. The van der Waals surface area contributed by atoms with E-state index in [0.29, 0.717) is 5.96 Å². The molecule has 0 heterocycles. The maximum atomic E-state index is 5.99. The van der Waals surface area contributed by atoms with E-state index in [2.05, 4.69) is 54.3 Å². The fourth-order valence-corrected chi connectivity index (χ4v) is 3.46. The average Bonchev–Trinajstić information content (AvgIpc) is 2.51. The lowest BCUT2D eigenvalue weighted by Gasteiger charge is -2.30. The maximum absolute atomic E-state index is 5.99. The molecule has 2 rings (SSSR count). The van der Waals surface area contributed by atoms with Gasteiger partial charge in [0.05, 0.1) is 0 Å². The van der Waals surface area contributed by atoms with E-state index in [1.807, 2.05) is 0 Å². The van der Waals surface area contributed by atoms with Crippen LogP contribution in [0.3, 0.4) is 0 Å². The van der Waals surface area contributed by atoms with E-state index in [4.69, 9.17) is 5.73 Å². The van der Waals surface area contributed by atoms with Gasteiger partial charge in [0.25, 0.3) is 0 Å². The van der Waals surface area contributed by atoms with Gasteiger partial charge >= 0.3 is 0 Å². The Morgan fingerprint density at radius 2 is 1.83 bits per heavy atom. The van der Waals surface area contributed by atoms with E-state index >= 15 is 0 Å². The van der Waals surface area contributed by atoms with Gasteiger partial charge in [0.1, 0.15) is 0 Å². The van der Waals surface area contributed by atoms with Crippen molar-refractivity contribution in [2.45, 2.75) is 58.4 Å². The molecule has 0 spiro atoms. The molecule has 0 unspecified atom stereocenters. The highest BCUT2D eigenvalue weighted by Crippen LogP contribution is 2.21. The van der Waals surface area contributed by atoms with Gasteiger partial charge in [-0.25, -0.2) is 0 Å². The molecule has 0 bridgehead atoms. The van der Waals surface area contributed by atoms with Crippen molar-refractivity contribution < 1.29 is 0 Å². The van der Waals surface area contributed by atoms with E-state index in [-0.39, 0.29) is 0 Å². The lowest BCUT2D eigenvalue weighted by Crippen LogP contribution is -2.34. The van der Waals surface area contributed by atoms with Crippen molar-refractivity contribution in [2.75, 3.05) is 25.5 Å². The van der Waals surface area contributed by atoms with Crippen LogP contribution in [0.25, 0.3) is 0 Å². The summed E-state index contributed by atoms with van der Waals surface area (Å²) in [5, 5.41) is 3.19. The quantitative estimate of drug-likeness (QED) is 0.478. The maximum Gasteiger partial charge on any atom is 0.193 e. The van der Waals surface area contributed by atoms with Crippen LogP contribution in [0, 0.1) is 13.8 Å². The van der Waals surface area contributed by atoms with E-state index in [0.717, 1.165) is 31.2 Å². The summed E-state index contributed by atoms with van der Waals surface area (Å²) >= 11 is 0. The first-order chi connectivity index (χ1) is 11.0. The van der Waals surface area contributed by atoms with Gasteiger partial charge in [-0.3, -0.25) is 4.99 Å². The minimum atomic E-state index is 0.510. The summed E-state index contributed by atoms with van der Waals surface area (Å²) in [5.74, 6) is 0.510. The first-order valence-corrected chi connectivity index (χ1v) is 8.90. The number of nitrogens with zero attached hydrogens (tertiary/aromatic N) is 2. The molecule has 1 fully saturated rings. The van der Waals surface area contributed by atoms with Crippen LogP contribution in [-0.2, 0) is 0 Å². The number of aryl methyl sites for hydroxylation is 2. The van der Waals surface area contributed by atoms with Crippen molar-refractivity contribution in [3.05, 3.63) is 29.3 Å². The molecule has 3 N–H and O–H groups in total. The van der Waals surface area contributed by atoms with E-state index in [1.165, 1.54) is 43.2 Å². The van der Waals surface area contributed by atoms with Gasteiger partial charge in [0.2, 0.25) is 0 Å². The summed E-state index contributed by atoms with van der Waals surface area (Å²) in [4.78, 5) is 6.95. The highest BCUT2D eigenvalue weighted by Gasteiger charge is 2.17. The largest absolute Gasteiger partial charge is 0.370 e. The number of benzene rings is 1. The Morgan fingerprint density at radius 3 is 2.48 bits per heavy atom. The van der Waals surface area contributed by atoms with Crippen molar-refractivity contribution in [1.29, 1.82) is 0 Å². The molecule has 4 heteroatoms. The second-order valence-corrected chi connectivity index (χ2v) is 6.89. The normalized spacial score (nSPS) is 16.8. The number of hydrogen-bond donors (Lipinski definition) is 2. The lowest BCUT2D eigenvalue weighted by molar-refractivity contribution is 0.191. The number of nitrogens with two attached hydrogens (primary N) is 1. The molecule has 0 amide bonds. The van der Waals surface area contributed by atoms with Crippen LogP contribution >= 0.6 is 0 Å².